The van der Waals surface area contributed by atoms with Crippen LogP contribution in [-0.4, -0.2) is 20.9 Å². The van der Waals surface area contributed by atoms with Crippen molar-refractivity contribution in [2.45, 2.75) is 36.8 Å². The van der Waals surface area contributed by atoms with Gasteiger partial charge in [-0.25, -0.2) is 8.42 Å². The van der Waals surface area contributed by atoms with Crippen LogP contribution in [0.5, 0.6) is 0 Å². The summed E-state index contributed by atoms with van der Waals surface area (Å²) in [6.45, 7) is 2.65. The van der Waals surface area contributed by atoms with Crippen LogP contribution in [0.2, 0.25) is 0 Å². The number of rotatable bonds is 5. The molecule has 1 saturated carbocycles. The third-order valence-corrected chi connectivity index (χ3v) is 6.98. The molecule has 1 fully saturated rings. The zero-order valence-electron chi connectivity index (χ0n) is 11.3. The van der Waals surface area contributed by atoms with Gasteiger partial charge in [-0.15, -0.1) is 11.3 Å². The van der Waals surface area contributed by atoms with Gasteiger partial charge in [0.15, 0.2) is 0 Å². The molecule has 2 atom stereocenters. The van der Waals surface area contributed by atoms with Gasteiger partial charge in [-0.05, 0) is 37.3 Å². The maximum absolute atomic E-state index is 12.0. The predicted octanol–water partition coefficient (Wildman–Crippen LogP) is 2.77. The van der Waals surface area contributed by atoms with Gasteiger partial charge in [0.05, 0.1) is 0 Å². The number of halogens is 1. The van der Waals surface area contributed by atoms with Gasteiger partial charge in [-0.2, -0.15) is 0 Å². The molecule has 0 spiro atoms. The molecule has 0 saturated heterocycles. The third kappa shape index (κ3) is 3.96. The molecule has 1 aliphatic rings. The summed E-state index contributed by atoms with van der Waals surface area (Å²) in [6, 6.07) is 3.24. The summed E-state index contributed by atoms with van der Waals surface area (Å²) in [4.78, 5) is 12.9. The van der Waals surface area contributed by atoms with Crippen molar-refractivity contribution in [3.05, 3.63) is 17.0 Å². The summed E-state index contributed by atoms with van der Waals surface area (Å²) in [7, 11) is 1.63. The lowest BCUT2D eigenvalue weighted by Gasteiger charge is -2.14. The van der Waals surface area contributed by atoms with E-state index in [9.17, 15) is 13.2 Å². The summed E-state index contributed by atoms with van der Waals surface area (Å²) in [5.41, 5.74) is 0. The van der Waals surface area contributed by atoms with E-state index in [-0.39, 0.29) is 16.0 Å². The molecular weight excluding hydrogens is 318 g/mol. The second-order valence-corrected chi connectivity index (χ2v) is 9.18. The van der Waals surface area contributed by atoms with Gasteiger partial charge in [0.2, 0.25) is 5.91 Å². The molecule has 0 radical (unpaired) electrons. The molecule has 1 N–H and O–H groups in total. The monoisotopic (exact) mass is 335 g/mol. The van der Waals surface area contributed by atoms with E-state index < -0.39 is 9.05 Å². The van der Waals surface area contributed by atoms with Crippen LogP contribution >= 0.6 is 22.0 Å². The minimum Gasteiger partial charge on any atom is -0.355 e. The molecule has 0 aromatic carbocycles. The predicted molar refractivity (Wildman–Crippen MR) is 80.6 cm³/mol. The average Bonchev–Trinajstić information content (AvgIpc) is 2.97. The van der Waals surface area contributed by atoms with Gasteiger partial charge >= 0.3 is 0 Å². The molecule has 20 heavy (non-hydrogen) atoms. The number of hydrogen-bond acceptors (Lipinski definition) is 4. The second kappa shape index (κ2) is 6.45. The van der Waals surface area contributed by atoms with Crippen LogP contribution in [0, 0.1) is 11.8 Å². The first-order valence-electron chi connectivity index (χ1n) is 6.69. The quantitative estimate of drug-likeness (QED) is 0.841. The van der Waals surface area contributed by atoms with E-state index in [2.05, 4.69) is 12.2 Å². The van der Waals surface area contributed by atoms with E-state index in [1.54, 1.807) is 6.07 Å². The lowest BCUT2D eigenvalue weighted by Crippen LogP contribution is -2.33. The Morgan fingerprint density at radius 2 is 2.20 bits per heavy atom. The lowest BCUT2D eigenvalue weighted by molar-refractivity contribution is -0.125. The Labute approximate surface area is 127 Å². The van der Waals surface area contributed by atoms with Gasteiger partial charge < -0.3 is 5.32 Å². The number of nitrogens with one attached hydrogen (secondary N) is 1. The van der Waals surface area contributed by atoms with Gasteiger partial charge in [0, 0.05) is 28.0 Å². The van der Waals surface area contributed by atoms with Crippen molar-refractivity contribution in [3.63, 3.8) is 0 Å². The Bertz CT molecular complexity index is 582. The van der Waals surface area contributed by atoms with Crippen LogP contribution in [0.15, 0.2) is 16.3 Å². The topological polar surface area (TPSA) is 63.2 Å². The van der Waals surface area contributed by atoms with Crippen molar-refractivity contribution in [3.8, 4) is 0 Å². The molecule has 0 bridgehead atoms. The molecule has 1 amide bonds. The molecule has 1 aromatic heterocycles. The Hall–Kier alpha value is -0.590. The highest BCUT2D eigenvalue weighted by Gasteiger charge is 2.29. The molecule has 112 valence electrons. The van der Waals surface area contributed by atoms with Crippen LogP contribution in [-0.2, 0) is 20.3 Å². The van der Waals surface area contributed by atoms with Gasteiger partial charge in [-0.3, -0.25) is 4.79 Å². The van der Waals surface area contributed by atoms with Crippen molar-refractivity contribution >= 4 is 37.0 Å². The van der Waals surface area contributed by atoms with Gasteiger partial charge in [0.25, 0.3) is 9.05 Å². The second-order valence-electron chi connectivity index (χ2n) is 5.21. The van der Waals surface area contributed by atoms with E-state index >= 15 is 0 Å². The Morgan fingerprint density at radius 3 is 2.75 bits per heavy atom. The van der Waals surface area contributed by atoms with Crippen LogP contribution in [0.4, 0.5) is 0 Å². The Kier molecular flexibility index (Phi) is 5.09. The van der Waals surface area contributed by atoms with Crippen LogP contribution in [0.3, 0.4) is 0 Å². The minimum atomic E-state index is -3.64. The summed E-state index contributed by atoms with van der Waals surface area (Å²) < 4.78 is 22.4. The van der Waals surface area contributed by atoms with Crippen molar-refractivity contribution in [1.29, 1.82) is 0 Å². The van der Waals surface area contributed by atoms with Gasteiger partial charge in [-0.1, -0.05) is 13.3 Å². The van der Waals surface area contributed by atoms with Crippen LogP contribution in [0.1, 0.15) is 31.1 Å². The highest BCUT2D eigenvalue weighted by molar-refractivity contribution is 8.15. The van der Waals surface area contributed by atoms with E-state index in [1.165, 1.54) is 6.07 Å². The zero-order chi connectivity index (χ0) is 14.8. The van der Waals surface area contributed by atoms with Crippen LogP contribution < -0.4 is 5.32 Å². The highest BCUT2D eigenvalue weighted by atomic mass is 35.7. The van der Waals surface area contributed by atoms with Crippen molar-refractivity contribution in [1.82, 2.24) is 5.32 Å². The first-order valence-corrected chi connectivity index (χ1v) is 9.81. The van der Waals surface area contributed by atoms with E-state index in [0.717, 1.165) is 35.5 Å². The Balaban J connectivity index is 1.81. The molecule has 2 rings (SSSR count). The molecule has 4 nitrogen and oxygen atoms in total. The molecule has 2 unspecified atom stereocenters. The number of hydrogen-bond donors (Lipinski definition) is 1. The van der Waals surface area contributed by atoms with Crippen molar-refractivity contribution in [2.24, 2.45) is 11.8 Å². The molecule has 1 aromatic rings. The van der Waals surface area contributed by atoms with Crippen LogP contribution in [0.25, 0.3) is 0 Å². The fourth-order valence-corrected chi connectivity index (χ4v) is 4.72. The van der Waals surface area contributed by atoms with E-state index in [0.29, 0.717) is 18.9 Å². The summed E-state index contributed by atoms with van der Waals surface area (Å²) in [5.74, 6) is 0.721. The van der Waals surface area contributed by atoms with E-state index in [4.69, 9.17) is 10.7 Å². The zero-order valence-corrected chi connectivity index (χ0v) is 13.7. The fourth-order valence-electron chi connectivity index (χ4n) is 2.60. The average molecular weight is 336 g/mol. The largest absolute Gasteiger partial charge is 0.355 e. The lowest BCUT2D eigenvalue weighted by atomic mass is 9.97. The fraction of sp³-hybridized carbons (Fsp3) is 0.615. The number of thiophene rings is 1. The molecule has 1 heterocycles. The van der Waals surface area contributed by atoms with Crippen molar-refractivity contribution < 1.29 is 13.2 Å². The number of carbonyl (C=O) groups excluding carboxylic acids is 1. The number of amides is 1. The molecule has 0 aliphatic heterocycles. The van der Waals surface area contributed by atoms with E-state index in [1.807, 2.05) is 0 Å². The maximum atomic E-state index is 12.0. The number of carbonyl (C=O) groups is 1. The highest BCUT2D eigenvalue weighted by Crippen LogP contribution is 2.31. The summed E-state index contributed by atoms with van der Waals surface area (Å²) in [6.07, 6.45) is 3.85. The standard InChI is InChI=1S/C13H18ClNO3S2/c1-9-3-2-4-11(9)13(16)15-8-7-10-5-6-12(19-10)20(14,17)18/h5-6,9,11H,2-4,7-8H2,1H3,(H,15,16). The maximum Gasteiger partial charge on any atom is 0.270 e. The first-order chi connectivity index (χ1) is 9.38. The smallest absolute Gasteiger partial charge is 0.270 e. The SMILES string of the molecule is CC1CCCC1C(=O)NCCc1ccc(S(=O)(=O)Cl)s1. The Morgan fingerprint density at radius 1 is 1.45 bits per heavy atom. The van der Waals surface area contributed by atoms with Crippen molar-refractivity contribution in [2.75, 3.05) is 6.54 Å². The molecular formula is C13H18ClNO3S2. The minimum absolute atomic E-state index is 0.122. The molecule has 7 heteroatoms. The third-order valence-electron chi connectivity index (χ3n) is 3.75. The first kappa shape index (κ1) is 15.8. The van der Waals surface area contributed by atoms with Gasteiger partial charge in [0.1, 0.15) is 4.21 Å². The molecule has 1 aliphatic carbocycles. The normalized spacial score (nSPS) is 22.9. The summed E-state index contributed by atoms with van der Waals surface area (Å²) >= 11 is 1.15. The summed E-state index contributed by atoms with van der Waals surface area (Å²) in [5, 5.41) is 2.94.